The molecule has 2 heterocycles. The number of halogens is 3. The van der Waals surface area contributed by atoms with Crippen LogP contribution in [0, 0.1) is 18.3 Å². The molecule has 7 nitrogen and oxygen atoms in total. The summed E-state index contributed by atoms with van der Waals surface area (Å²) in [5.74, 6) is -0.587. The minimum Gasteiger partial charge on any atom is -0.481 e. The number of carbonyl (C=O) groups is 1. The van der Waals surface area contributed by atoms with Crippen LogP contribution in [0.15, 0.2) is 54.6 Å². The number of nitrogens with zero attached hydrogens (tertiary/aromatic N) is 4. The van der Waals surface area contributed by atoms with E-state index in [1.165, 1.54) is 24.8 Å². The molecular formula is C24H18F3N5O2. The van der Waals surface area contributed by atoms with Gasteiger partial charge in [0.25, 0.3) is 5.91 Å². The van der Waals surface area contributed by atoms with Gasteiger partial charge in [-0.15, -0.1) is 0 Å². The van der Waals surface area contributed by atoms with E-state index in [0.717, 1.165) is 0 Å². The number of anilines is 1. The number of rotatable bonds is 5. The van der Waals surface area contributed by atoms with Crippen molar-refractivity contribution in [1.29, 1.82) is 5.26 Å². The van der Waals surface area contributed by atoms with Crippen molar-refractivity contribution in [3.05, 3.63) is 82.7 Å². The van der Waals surface area contributed by atoms with Gasteiger partial charge in [-0.1, -0.05) is 30.3 Å². The number of nitrogens with one attached hydrogen (secondary N) is 1. The van der Waals surface area contributed by atoms with Crippen molar-refractivity contribution in [3.63, 3.8) is 0 Å². The molecule has 172 valence electrons. The minimum atomic E-state index is -4.79. The lowest BCUT2D eigenvalue weighted by Gasteiger charge is -2.12. The number of nitriles is 1. The number of methoxy groups -OCH3 is 1. The molecule has 0 bridgehead atoms. The largest absolute Gasteiger partial charge is 0.481 e. The molecule has 0 saturated carbocycles. The number of benzene rings is 2. The first-order valence-corrected chi connectivity index (χ1v) is 10.1. The monoisotopic (exact) mass is 465 g/mol. The van der Waals surface area contributed by atoms with Crippen molar-refractivity contribution in [2.75, 3.05) is 12.4 Å². The molecule has 4 rings (SSSR count). The zero-order valence-corrected chi connectivity index (χ0v) is 18.1. The predicted octanol–water partition coefficient (Wildman–Crippen LogP) is 4.94. The molecule has 1 amide bonds. The van der Waals surface area contributed by atoms with Crippen LogP contribution in [0.25, 0.3) is 10.9 Å². The van der Waals surface area contributed by atoms with Crippen LogP contribution < -0.4 is 10.1 Å². The Morgan fingerprint density at radius 3 is 2.53 bits per heavy atom. The van der Waals surface area contributed by atoms with Gasteiger partial charge in [0, 0.05) is 11.5 Å². The van der Waals surface area contributed by atoms with Crippen LogP contribution in [-0.4, -0.2) is 27.8 Å². The lowest BCUT2D eigenvalue weighted by Crippen LogP contribution is -2.17. The second-order valence-electron chi connectivity index (χ2n) is 7.46. The zero-order chi connectivity index (χ0) is 24.5. The number of ether oxygens (including phenoxy) is 1. The molecule has 0 aliphatic rings. The van der Waals surface area contributed by atoms with Crippen LogP contribution in [0.1, 0.15) is 32.9 Å². The lowest BCUT2D eigenvalue weighted by molar-refractivity contribution is -0.140. The number of amides is 1. The summed E-state index contributed by atoms with van der Waals surface area (Å²) in [4.78, 5) is 17.4. The number of fused-ring (bicyclic) bond motifs is 1. The average molecular weight is 465 g/mol. The van der Waals surface area contributed by atoms with Gasteiger partial charge in [0.05, 0.1) is 47.7 Å². The average Bonchev–Trinajstić information content (AvgIpc) is 3.14. The Hall–Kier alpha value is -4.39. The van der Waals surface area contributed by atoms with Crippen molar-refractivity contribution in [3.8, 4) is 11.9 Å². The Kier molecular flexibility index (Phi) is 5.94. The van der Waals surface area contributed by atoms with Crippen molar-refractivity contribution < 1.29 is 22.7 Å². The smallest absolute Gasteiger partial charge is 0.437 e. The maximum atomic E-state index is 13.8. The molecule has 2 aromatic carbocycles. The van der Waals surface area contributed by atoms with E-state index in [0.29, 0.717) is 22.0 Å². The summed E-state index contributed by atoms with van der Waals surface area (Å²) >= 11 is 0. The van der Waals surface area contributed by atoms with E-state index in [1.54, 1.807) is 48.5 Å². The molecule has 0 fully saturated rings. The lowest BCUT2D eigenvalue weighted by atomic mass is 10.1. The Labute approximate surface area is 192 Å². The molecule has 34 heavy (non-hydrogen) atoms. The van der Waals surface area contributed by atoms with Gasteiger partial charge in [0.2, 0.25) is 5.88 Å². The first kappa shape index (κ1) is 22.8. The summed E-state index contributed by atoms with van der Waals surface area (Å²) in [6.45, 7) is 1.48. The third-order valence-electron chi connectivity index (χ3n) is 5.28. The highest BCUT2D eigenvalue weighted by Crippen LogP contribution is 2.36. The van der Waals surface area contributed by atoms with Crippen molar-refractivity contribution in [1.82, 2.24) is 14.8 Å². The van der Waals surface area contributed by atoms with E-state index < -0.39 is 23.5 Å². The van der Waals surface area contributed by atoms with Crippen molar-refractivity contribution >= 4 is 22.5 Å². The Morgan fingerprint density at radius 2 is 1.88 bits per heavy atom. The highest BCUT2D eigenvalue weighted by molar-refractivity contribution is 6.13. The highest BCUT2D eigenvalue weighted by Gasteiger charge is 2.39. The second kappa shape index (κ2) is 8.86. The molecule has 0 aliphatic carbocycles. The maximum absolute atomic E-state index is 13.8. The van der Waals surface area contributed by atoms with E-state index in [1.807, 2.05) is 6.07 Å². The number of pyridine rings is 1. The molecule has 4 aromatic rings. The SMILES string of the molecule is COc1cc(C(=O)Nc2c(C(F)(F)F)nn(Cc3ccc(C#N)cc3)c2C)c2ccccc2n1. The number of aromatic nitrogens is 3. The van der Waals surface area contributed by atoms with Crippen LogP contribution in [0.5, 0.6) is 5.88 Å². The third kappa shape index (κ3) is 4.41. The zero-order valence-electron chi connectivity index (χ0n) is 18.1. The van der Waals surface area contributed by atoms with Crippen LogP contribution in [-0.2, 0) is 12.7 Å². The van der Waals surface area contributed by atoms with Gasteiger partial charge in [-0.05, 0) is 30.7 Å². The van der Waals surface area contributed by atoms with E-state index in [4.69, 9.17) is 10.00 Å². The number of alkyl halides is 3. The number of hydrogen-bond acceptors (Lipinski definition) is 5. The summed E-state index contributed by atoms with van der Waals surface area (Å²) in [6, 6.07) is 16.6. The van der Waals surface area contributed by atoms with Crippen LogP contribution in [0.2, 0.25) is 0 Å². The first-order valence-electron chi connectivity index (χ1n) is 10.1. The second-order valence-corrected chi connectivity index (χ2v) is 7.46. The van der Waals surface area contributed by atoms with Gasteiger partial charge in [0.15, 0.2) is 5.69 Å². The van der Waals surface area contributed by atoms with Gasteiger partial charge < -0.3 is 10.1 Å². The number of carbonyl (C=O) groups excluding carboxylic acids is 1. The molecule has 0 radical (unpaired) electrons. The first-order chi connectivity index (χ1) is 16.2. The third-order valence-corrected chi connectivity index (χ3v) is 5.28. The van der Waals surface area contributed by atoms with Gasteiger partial charge in [0.1, 0.15) is 0 Å². The highest BCUT2D eigenvalue weighted by atomic mass is 19.4. The number of hydrogen-bond donors (Lipinski definition) is 1. The van der Waals surface area contributed by atoms with Crippen LogP contribution >= 0.6 is 0 Å². The molecule has 0 saturated heterocycles. The predicted molar refractivity (Wildman–Crippen MR) is 118 cm³/mol. The fraction of sp³-hybridized carbons (Fsp3) is 0.167. The maximum Gasteiger partial charge on any atom is 0.437 e. The number of para-hydroxylation sites is 1. The van der Waals surface area contributed by atoms with Crippen molar-refractivity contribution in [2.24, 2.45) is 0 Å². The summed E-state index contributed by atoms with van der Waals surface area (Å²) in [6.07, 6.45) is -4.79. The molecule has 0 atom stereocenters. The van der Waals surface area contributed by atoms with E-state index >= 15 is 0 Å². The fourth-order valence-electron chi connectivity index (χ4n) is 3.53. The fourth-order valence-corrected chi connectivity index (χ4v) is 3.53. The minimum absolute atomic E-state index is 0.0303. The molecule has 10 heteroatoms. The summed E-state index contributed by atoms with van der Waals surface area (Å²) in [7, 11) is 1.39. The molecular weight excluding hydrogens is 447 g/mol. The Balaban J connectivity index is 1.73. The van der Waals surface area contributed by atoms with Gasteiger partial charge in [-0.3, -0.25) is 9.48 Å². The Bertz CT molecular complexity index is 1420. The molecule has 2 aromatic heterocycles. The standard InChI is InChI=1S/C24H18F3N5O2/c1-14-21(30-23(33)18-11-20(34-2)29-19-6-4-3-5-17(18)19)22(24(25,26)27)31-32(14)13-16-9-7-15(12-28)8-10-16/h3-11H,13H2,1-2H3,(H,30,33). The van der Waals surface area contributed by atoms with E-state index in [9.17, 15) is 18.0 Å². The van der Waals surface area contributed by atoms with Gasteiger partial charge >= 0.3 is 6.18 Å². The van der Waals surface area contributed by atoms with Crippen LogP contribution in [0.3, 0.4) is 0 Å². The van der Waals surface area contributed by atoms with Gasteiger partial charge in [-0.25, -0.2) is 4.98 Å². The topological polar surface area (TPSA) is 92.8 Å². The van der Waals surface area contributed by atoms with E-state index in [-0.39, 0.29) is 23.7 Å². The molecule has 1 N–H and O–H groups in total. The molecule has 0 aliphatic heterocycles. The van der Waals surface area contributed by atoms with Gasteiger partial charge in [-0.2, -0.15) is 23.5 Å². The normalized spacial score (nSPS) is 11.3. The summed E-state index contributed by atoms with van der Waals surface area (Å²) in [5, 5.41) is 15.5. The van der Waals surface area contributed by atoms with E-state index in [2.05, 4.69) is 15.4 Å². The Morgan fingerprint density at radius 1 is 1.18 bits per heavy atom. The summed E-state index contributed by atoms with van der Waals surface area (Å²) < 4.78 is 47.7. The molecule has 0 unspecified atom stereocenters. The molecule has 0 spiro atoms. The quantitative estimate of drug-likeness (QED) is 0.451. The van der Waals surface area contributed by atoms with Crippen LogP contribution in [0.4, 0.5) is 18.9 Å². The van der Waals surface area contributed by atoms with Crippen molar-refractivity contribution in [2.45, 2.75) is 19.6 Å². The summed E-state index contributed by atoms with van der Waals surface area (Å²) in [5.41, 5.74) is 0.190.